The molecule has 1 aliphatic heterocycles. The summed E-state index contributed by atoms with van der Waals surface area (Å²) in [6.45, 7) is 0. The molecule has 0 spiro atoms. The monoisotopic (exact) mass is 150 g/mol. The van der Waals surface area contributed by atoms with E-state index in [2.05, 4.69) is 0 Å². The lowest BCUT2D eigenvalue weighted by Crippen LogP contribution is -2.19. The Kier molecular flexibility index (Phi) is 0.651. The van der Waals surface area contributed by atoms with Crippen molar-refractivity contribution in [3.05, 3.63) is 0 Å². The molecule has 3 aliphatic carbocycles. The van der Waals surface area contributed by atoms with Gasteiger partial charge in [-0.15, -0.1) is 0 Å². The first-order chi connectivity index (χ1) is 5.34. The molecule has 0 N–H and O–H groups in total. The van der Waals surface area contributed by atoms with Crippen LogP contribution in [0.3, 0.4) is 0 Å². The number of rotatable bonds is 0. The van der Waals surface area contributed by atoms with E-state index in [-0.39, 0.29) is 0 Å². The van der Waals surface area contributed by atoms with Crippen LogP contribution in [0.5, 0.6) is 0 Å². The molecule has 0 aromatic heterocycles. The van der Waals surface area contributed by atoms with E-state index in [1.54, 1.807) is 6.42 Å². The Bertz CT molecular complexity index is 215. The highest BCUT2D eigenvalue weighted by atomic mass is 16.6. The van der Waals surface area contributed by atoms with Gasteiger partial charge in [0, 0.05) is 0 Å². The predicted molar refractivity (Wildman–Crippen MR) is 41.2 cm³/mol. The molecule has 60 valence electrons. The third-order valence-corrected chi connectivity index (χ3v) is 4.86. The lowest BCUT2D eigenvalue weighted by atomic mass is 9.82. The molecule has 0 amide bonds. The van der Waals surface area contributed by atoms with Gasteiger partial charge in [0.15, 0.2) is 0 Å². The Morgan fingerprint density at radius 3 is 2.27 bits per heavy atom. The van der Waals surface area contributed by atoms with Gasteiger partial charge < -0.3 is 4.74 Å². The third-order valence-electron chi connectivity index (χ3n) is 4.86. The summed E-state index contributed by atoms with van der Waals surface area (Å²) in [5.41, 5.74) is 1.65. The molecule has 1 heterocycles. The molecule has 0 aromatic carbocycles. The molecule has 4 fully saturated rings. The second kappa shape index (κ2) is 1.28. The van der Waals surface area contributed by atoms with Crippen LogP contribution in [-0.4, -0.2) is 12.2 Å². The summed E-state index contributed by atoms with van der Waals surface area (Å²) in [5.74, 6) is 0. The van der Waals surface area contributed by atoms with Gasteiger partial charge in [-0.05, 0) is 42.9 Å². The van der Waals surface area contributed by atoms with E-state index >= 15 is 0 Å². The zero-order valence-corrected chi connectivity index (χ0v) is 6.81. The number of epoxide rings is 1. The van der Waals surface area contributed by atoms with Crippen LogP contribution in [0.15, 0.2) is 0 Å². The normalized spacial score (nSPS) is 69.8. The summed E-state index contributed by atoms with van der Waals surface area (Å²) < 4.78 is 5.60. The van der Waals surface area contributed by atoms with E-state index in [1.807, 2.05) is 0 Å². The smallest absolute Gasteiger partial charge is 0.0847 e. The maximum absolute atomic E-state index is 5.60. The Hall–Kier alpha value is -0.0400. The van der Waals surface area contributed by atoms with Gasteiger partial charge in [-0.3, -0.25) is 0 Å². The molecule has 0 aromatic rings. The Morgan fingerprint density at radius 1 is 1.00 bits per heavy atom. The van der Waals surface area contributed by atoms with Crippen LogP contribution in [0.1, 0.15) is 38.5 Å². The highest BCUT2D eigenvalue weighted by molar-refractivity contribution is 5.24. The minimum absolute atomic E-state index is 0.712. The molecule has 0 unspecified atom stereocenters. The average Bonchev–Trinajstić information content (AvgIpc) is 2.76. The van der Waals surface area contributed by atoms with Crippen LogP contribution in [-0.2, 0) is 4.74 Å². The Balaban J connectivity index is 1.78. The van der Waals surface area contributed by atoms with Gasteiger partial charge >= 0.3 is 0 Å². The summed E-state index contributed by atoms with van der Waals surface area (Å²) in [4.78, 5) is 0. The minimum atomic E-state index is 0.712. The number of hydrogen-bond acceptors (Lipinski definition) is 1. The van der Waals surface area contributed by atoms with Crippen molar-refractivity contribution in [1.29, 1.82) is 0 Å². The van der Waals surface area contributed by atoms with Crippen molar-refractivity contribution in [1.82, 2.24) is 0 Å². The van der Waals surface area contributed by atoms with E-state index < -0.39 is 0 Å². The van der Waals surface area contributed by atoms with Crippen LogP contribution >= 0.6 is 0 Å². The summed E-state index contributed by atoms with van der Waals surface area (Å²) in [5, 5.41) is 0. The Morgan fingerprint density at radius 2 is 1.64 bits per heavy atom. The third kappa shape index (κ3) is 0.462. The van der Waals surface area contributed by atoms with Gasteiger partial charge in [-0.25, -0.2) is 0 Å². The molecule has 1 heteroatoms. The lowest BCUT2D eigenvalue weighted by Gasteiger charge is -2.20. The van der Waals surface area contributed by atoms with Crippen molar-refractivity contribution in [2.24, 2.45) is 10.8 Å². The molecule has 1 nitrogen and oxygen atoms in total. The first-order valence-electron chi connectivity index (χ1n) is 4.99. The average molecular weight is 150 g/mol. The first-order valence-corrected chi connectivity index (χ1v) is 4.99. The molecule has 0 radical (unpaired) electrons. The molecule has 4 aliphatic rings. The maximum Gasteiger partial charge on any atom is 0.0847 e. The van der Waals surface area contributed by atoms with Gasteiger partial charge in [-0.1, -0.05) is 6.42 Å². The highest BCUT2D eigenvalue weighted by Crippen LogP contribution is 2.81. The highest BCUT2D eigenvalue weighted by Gasteiger charge is 2.75. The fourth-order valence-corrected chi connectivity index (χ4v) is 4.17. The van der Waals surface area contributed by atoms with Crippen LogP contribution in [0.4, 0.5) is 0 Å². The van der Waals surface area contributed by atoms with E-state index in [1.165, 1.54) is 32.1 Å². The van der Waals surface area contributed by atoms with E-state index in [4.69, 9.17) is 4.74 Å². The minimum Gasteiger partial charge on any atom is -0.370 e. The zero-order valence-electron chi connectivity index (χ0n) is 6.81. The fourth-order valence-electron chi connectivity index (χ4n) is 4.17. The van der Waals surface area contributed by atoms with Crippen molar-refractivity contribution in [3.63, 3.8) is 0 Å². The molecule has 4 atom stereocenters. The van der Waals surface area contributed by atoms with Gasteiger partial charge in [-0.2, -0.15) is 0 Å². The Labute approximate surface area is 67.1 Å². The van der Waals surface area contributed by atoms with Crippen molar-refractivity contribution in [2.75, 3.05) is 0 Å². The summed E-state index contributed by atoms with van der Waals surface area (Å²) in [7, 11) is 0. The van der Waals surface area contributed by atoms with Gasteiger partial charge in [0.1, 0.15) is 0 Å². The van der Waals surface area contributed by atoms with Crippen molar-refractivity contribution in [3.8, 4) is 0 Å². The topological polar surface area (TPSA) is 12.5 Å². The SMILES string of the molecule is C1C[C@@]23C[C@@H]4O[C@@H]4C[C@]2(C1)C3. The molecule has 4 rings (SSSR count). The second-order valence-electron chi connectivity index (χ2n) is 5.21. The van der Waals surface area contributed by atoms with Gasteiger partial charge in [0.2, 0.25) is 0 Å². The molecule has 0 bridgehead atoms. The van der Waals surface area contributed by atoms with E-state index in [9.17, 15) is 0 Å². The number of hydrogen-bond donors (Lipinski definition) is 0. The van der Waals surface area contributed by atoms with Crippen LogP contribution in [0, 0.1) is 10.8 Å². The molecule has 1 saturated heterocycles. The quantitative estimate of drug-likeness (QED) is 0.482. The second-order valence-corrected chi connectivity index (χ2v) is 5.21. The molecular weight excluding hydrogens is 136 g/mol. The lowest BCUT2D eigenvalue weighted by molar-refractivity contribution is 0.309. The first kappa shape index (κ1) is 5.58. The van der Waals surface area contributed by atoms with Crippen LogP contribution < -0.4 is 0 Å². The fraction of sp³-hybridized carbons (Fsp3) is 1.00. The predicted octanol–water partition coefficient (Wildman–Crippen LogP) is 2.11. The number of ether oxygens (including phenoxy) is 1. The summed E-state index contributed by atoms with van der Waals surface area (Å²) in [6, 6.07) is 0. The van der Waals surface area contributed by atoms with Crippen molar-refractivity contribution >= 4 is 0 Å². The van der Waals surface area contributed by atoms with Gasteiger partial charge in [0.05, 0.1) is 12.2 Å². The van der Waals surface area contributed by atoms with Crippen LogP contribution in [0.2, 0.25) is 0 Å². The standard InChI is InChI=1S/C10H14O/c1-2-9-4-7-8(11-7)5-10(9,3-1)6-9/h7-8H,1-6H2/t7-,8+,9-,10+. The van der Waals surface area contributed by atoms with Gasteiger partial charge in [0.25, 0.3) is 0 Å². The van der Waals surface area contributed by atoms with E-state index in [0.717, 1.165) is 10.8 Å². The van der Waals surface area contributed by atoms with E-state index in [0.29, 0.717) is 12.2 Å². The summed E-state index contributed by atoms with van der Waals surface area (Å²) >= 11 is 0. The zero-order chi connectivity index (χ0) is 7.10. The number of fused-ring (bicyclic) bond motifs is 1. The molecule has 3 saturated carbocycles. The largest absolute Gasteiger partial charge is 0.370 e. The molecular formula is C10H14O. The molecule has 11 heavy (non-hydrogen) atoms. The summed E-state index contributed by atoms with van der Waals surface area (Å²) in [6.07, 6.45) is 10.4. The van der Waals surface area contributed by atoms with Crippen molar-refractivity contribution in [2.45, 2.75) is 50.7 Å². The maximum atomic E-state index is 5.60. The van der Waals surface area contributed by atoms with Crippen molar-refractivity contribution < 1.29 is 4.74 Å². The van der Waals surface area contributed by atoms with Crippen LogP contribution in [0.25, 0.3) is 0 Å².